The molecular formula is C24H30AsClNP. The number of rotatable bonds is 7. The van der Waals surface area contributed by atoms with Gasteiger partial charge in [-0.3, -0.25) is 0 Å². The Morgan fingerprint density at radius 3 is 1.11 bits per heavy atom. The van der Waals surface area contributed by atoms with Crippen LogP contribution in [-0.2, 0) is 0 Å². The second-order valence-electron chi connectivity index (χ2n) is 6.78. The molecule has 0 bridgehead atoms. The molecule has 0 spiro atoms. The third-order valence-electron chi connectivity index (χ3n) is 5.48. The van der Waals surface area contributed by atoms with Crippen LogP contribution >= 0.6 is 7.05 Å². The number of benzene rings is 3. The second-order valence-corrected chi connectivity index (χ2v) is 18.1. The number of halogens is 1. The summed E-state index contributed by atoms with van der Waals surface area (Å²) in [5.74, 6) is 0. The van der Waals surface area contributed by atoms with Gasteiger partial charge in [-0.2, -0.15) is 0 Å². The summed E-state index contributed by atoms with van der Waals surface area (Å²) in [7, 11) is -1.36. The van der Waals surface area contributed by atoms with Gasteiger partial charge in [0.05, 0.1) is 0 Å². The van der Waals surface area contributed by atoms with Gasteiger partial charge in [-0.25, -0.2) is 0 Å². The van der Waals surface area contributed by atoms with Crippen LogP contribution in [0.15, 0.2) is 94.7 Å². The summed E-state index contributed by atoms with van der Waals surface area (Å²) in [4.78, 5) is 0. The fraction of sp³-hybridized carbons (Fsp3) is 0.250. The summed E-state index contributed by atoms with van der Waals surface area (Å²) in [5.41, 5.74) is 0. The summed E-state index contributed by atoms with van der Waals surface area (Å²) >= 11 is -2.92. The van der Waals surface area contributed by atoms with Crippen molar-refractivity contribution in [1.29, 1.82) is 0 Å². The van der Waals surface area contributed by atoms with Crippen LogP contribution < -0.4 is 25.5 Å². The van der Waals surface area contributed by atoms with Crippen molar-refractivity contribution in [3.8, 4) is 0 Å². The molecule has 3 aromatic rings. The van der Waals surface area contributed by atoms with Crippen LogP contribution in [0.3, 0.4) is 0 Å². The van der Waals surface area contributed by atoms with Gasteiger partial charge < -0.3 is 12.4 Å². The van der Waals surface area contributed by atoms with Crippen LogP contribution in [0.4, 0.5) is 0 Å². The maximum atomic E-state index is 5.99. The van der Waals surface area contributed by atoms with Gasteiger partial charge in [-0.1, -0.05) is 0 Å². The topological polar surface area (TPSA) is 12.4 Å². The SMILES string of the molecule is CCP(CC)(CC)=N[As+](c1ccccc1)(c1ccccc1)c1ccccc1.[Cl-]. The van der Waals surface area contributed by atoms with Crippen molar-refractivity contribution >= 4 is 33.9 Å². The normalized spacial score (nSPS) is 11.5. The Morgan fingerprint density at radius 1 is 0.571 bits per heavy atom. The molecular weight excluding hydrogens is 444 g/mol. The van der Waals surface area contributed by atoms with E-state index in [4.69, 9.17) is 3.66 Å². The minimum Gasteiger partial charge on any atom is -1.00 e. The summed E-state index contributed by atoms with van der Waals surface area (Å²) in [6.45, 7) is 7.03. The third-order valence-corrected chi connectivity index (χ3v) is 20.3. The first kappa shape index (κ1) is 23.0. The van der Waals surface area contributed by atoms with Gasteiger partial charge in [0.15, 0.2) is 0 Å². The van der Waals surface area contributed by atoms with E-state index in [1.807, 2.05) is 0 Å². The van der Waals surface area contributed by atoms with Gasteiger partial charge in [0.2, 0.25) is 0 Å². The molecule has 148 valence electrons. The van der Waals surface area contributed by atoms with Gasteiger partial charge in [0, 0.05) is 0 Å². The first-order chi connectivity index (χ1) is 13.2. The maximum absolute atomic E-state index is 5.99. The molecule has 0 heterocycles. The molecule has 0 unspecified atom stereocenters. The second kappa shape index (κ2) is 10.5. The molecule has 0 N–H and O–H groups in total. The quantitative estimate of drug-likeness (QED) is 0.367. The Kier molecular flexibility index (Phi) is 8.63. The molecule has 0 saturated carbocycles. The van der Waals surface area contributed by atoms with Crippen molar-refractivity contribution in [2.45, 2.75) is 20.8 Å². The first-order valence-electron chi connectivity index (χ1n) is 9.87. The van der Waals surface area contributed by atoms with Gasteiger partial charge >= 0.3 is 168 Å². The van der Waals surface area contributed by atoms with Crippen molar-refractivity contribution in [1.82, 2.24) is 0 Å². The van der Waals surface area contributed by atoms with Crippen molar-refractivity contribution in [2.24, 2.45) is 3.66 Å². The van der Waals surface area contributed by atoms with E-state index in [-0.39, 0.29) is 12.4 Å². The molecule has 0 aromatic heterocycles. The molecule has 0 fully saturated rings. The number of nitrogens with zero attached hydrogens (tertiary/aromatic N) is 1. The van der Waals surface area contributed by atoms with Gasteiger partial charge in [-0.15, -0.1) is 0 Å². The van der Waals surface area contributed by atoms with Crippen LogP contribution in [0.2, 0.25) is 0 Å². The van der Waals surface area contributed by atoms with Crippen LogP contribution in [0, 0.1) is 0 Å². The molecule has 1 nitrogen and oxygen atoms in total. The zero-order valence-corrected chi connectivity index (χ0v) is 20.5. The average Bonchev–Trinajstić information content (AvgIpc) is 2.77. The molecule has 0 amide bonds. The van der Waals surface area contributed by atoms with Crippen LogP contribution in [-0.4, -0.2) is 32.3 Å². The van der Waals surface area contributed by atoms with Crippen molar-refractivity contribution in [3.63, 3.8) is 0 Å². The zero-order chi connectivity index (χ0) is 19.2. The molecule has 0 atom stereocenters. The van der Waals surface area contributed by atoms with E-state index in [0.29, 0.717) is 0 Å². The largest absolute Gasteiger partial charge is 1.00 e. The van der Waals surface area contributed by atoms with E-state index in [1.54, 1.807) is 0 Å². The standard InChI is InChI=1S/C24H30AsNP.ClH/c1-4-27(5-2,6-3)26-25(22-16-10-7-11-17-22,23-18-12-8-13-19-23)24-20-14-9-15-21-24;/h7-21H,4-6H2,1-3H3;1H/q+1;/p-1. The van der Waals surface area contributed by atoms with Gasteiger partial charge in [0.1, 0.15) is 0 Å². The molecule has 0 aliphatic carbocycles. The third kappa shape index (κ3) is 4.49. The average molecular weight is 474 g/mol. The zero-order valence-electron chi connectivity index (χ0n) is 17.0. The summed E-state index contributed by atoms with van der Waals surface area (Å²) < 4.78 is 10.3. The van der Waals surface area contributed by atoms with E-state index in [2.05, 4.69) is 112 Å². The van der Waals surface area contributed by atoms with E-state index in [0.717, 1.165) is 0 Å². The molecule has 0 saturated heterocycles. The van der Waals surface area contributed by atoms with E-state index in [1.165, 1.54) is 31.5 Å². The Hall–Kier alpha value is -1.26. The number of hydrogen-bond acceptors (Lipinski definition) is 1. The Bertz CT molecular complexity index is 782. The first-order valence-corrected chi connectivity index (χ1v) is 15.8. The fourth-order valence-corrected chi connectivity index (χ4v) is 19.9. The van der Waals surface area contributed by atoms with Crippen molar-refractivity contribution in [3.05, 3.63) is 91.0 Å². The van der Waals surface area contributed by atoms with E-state index >= 15 is 0 Å². The fourth-order valence-electron chi connectivity index (χ4n) is 3.68. The smallest absolute Gasteiger partial charge is 1.00 e. The minimum atomic E-state index is -2.92. The van der Waals surface area contributed by atoms with Crippen LogP contribution in [0.5, 0.6) is 0 Å². The summed E-state index contributed by atoms with van der Waals surface area (Å²) in [5, 5.41) is 0. The molecule has 0 radical (unpaired) electrons. The maximum Gasteiger partial charge on any atom is -1.00 e. The van der Waals surface area contributed by atoms with Crippen molar-refractivity contribution < 1.29 is 12.4 Å². The molecule has 28 heavy (non-hydrogen) atoms. The van der Waals surface area contributed by atoms with E-state index in [9.17, 15) is 0 Å². The minimum absolute atomic E-state index is 0. The van der Waals surface area contributed by atoms with Gasteiger partial charge in [0.25, 0.3) is 0 Å². The Morgan fingerprint density at radius 2 is 0.857 bits per heavy atom. The molecule has 0 aliphatic heterocycles. The summed E-state index contributed by atoms with van der Waals surface area (Å²) in [6, 6.07) is 33.3. The van der Waals surface area contributed by atoms with Gasteiger partial charge in [-0.05, 0) is 0 Å². The molecule has 4 heteroatoms. The molecule has 3 aromatic carbocycles. The molecule has 0 aliphatic rings. The predicted octanol–water partition coefficient (Wildman–Crippen LogP) is 1.92. The Balaban J connectivity index is 0.00000280. The predicted molar refractivity (Wildman–Crippen MR) is 125 cm³/mol. The van der Waals surface area contributed by atoms with Crippen LogP contribution in [0.25, 0.3) is 0 Å². The number of hydrogen-bond donors (Lipinski definition) is 0. The Labute approximate surface area is 179 Å². The van der Waals surface area contributed by atoms with E-state index < -0.39 is 20.8 Å². The monoisotopic (exact) mass is 473 g/mol. The summed E-state index contributed by atoms with van der Waals surface area (Å²) in [6.07, 6.45) is 3.57. The van der Waals surface area contributed by atoms with Crippen LogP contribution in [0.1, 0.15) is 20.8 Å². The molecule has 3 rings (SSSR count). The van der Waals surface area contributed by atoms with Crippen molar-refractivity contribution in [2.75, 3.05) is 18.5 Å².